The van der Waals surface area contributed by atoms with Gasteiger partial charge in [0, 0.05) is 0 Å². The Kier molecular flexibility index (Phi) is 6.93. The number of carbonyl (C=O) groups is 2. The summed E-state index contributed by atoms with van der Waals surface area (Å²) >= 11 is -4.14. The van der Waals surface area contributed by atoms with E-state index in [1.165, 1.54) is 24.0 Å². The van der Waals surface area contributed by atoms with Crippen molar-refractivity contribution in [3.8, 4) is 0 Å². The van der Waals surface area contributed by atoms with Gasteiger partial charge in [0.1, 0.15) is 0 Å². The van der Waals surface area contributed by atoms with Crippen LogP contribution < -0.4 is 0 Å². The first-order valence-electron chi connectivity index (χ1n) is 14.9. The van der Waals surface area contributed by atoms with Crippen molar-refractivity contribution in [2.75, 3.05) is 0 Å². The van der Waals surface area contributed by atoms with Crippen LogP contribution in [0.15, 0.2) is 107 Å². The van der Waals surface area contributed by atoms with Crippen molar-refractivity contribution in [1.82, 2.24) is 0 Å². The van der Waals surface area contributed by atoms with Gasteiger partial charge in [-0.3, -0.25) is 0 Å². The topological polar surface area (TPSA) is 52.6 Å². The van der Waals surface area contributed by atoms with Crippen molar-refractivity contribution >= 4 is 33.5 Å². The average Bonchev–Trinajstić information content (AvgIpc) is 3.39. The summed E-state index contributed by atoms with van der Waals surface area (Å²) in [5.74, 6) is -0.781. The van der Waals surface area contributed by atoms with Gasteiger partial charge in [-0.05, 0) is 0 Å². The van der Waals surface area contributed by atoms with Crippen LogP contribution in [0.1, 0.15) is 72.1 Å². The molecule has 7 rings (SSSR count). The molecule has 0 aromatic heterocycles. The van der Waals surface area contributed by atoms with Gasteiger partial charge in [-0.2, -0.15) is 0 Å². The zero-order valence-electron chi connectivity index (χ0n) is 23.5. The number of hydrogen-bond donors (Lipinski definition) is 0. The van der Waals surface area contributed by atoms with Crippen LogP contribution >= 0.6 is 0 Å². The Bertz CT molecular complexity index is 1660. The van der Waals surface area contributed by atoms with Crippen molar-refractivity contribution in [2.24, 2.45) is 0 Å². The molecule has 0 heterocycles. The Balaban J connectivity index is 1.29. The maximum atomic E-state index is 14.0. The molecule has 0 fully saturated rings. The summed E-state index contributed by atoms with van der Waals surface area (Å²) in [4.78, 5) is 28.0. The minimum absolute atomic E-state index is 0.0118. The van der Waals surface area contributed by atoms with Gasteiger partial charge in [0.05, 0.1) is 0 Å². The number of rotatable bonds is 5. The summed E-state index contributed by atoms with van der Waals surface area (Å²) < 4.78 is 13.2. The van der Waals surface area contributed by atoms with Crippen LogP contribution in [0.3, 0.4) is 0 Å². The Morgan fingerprint density at radius 2 is 1.20 bits per heavy atom. The van der Waals surface area contributed by atoms with Gasteiger partial charge in [0.2, 0.25) is 0 Å². The maximum absolute atomic E-state index is 14.0. The van der Waals surface area contributed by atoms with Crippen molar-refractivity contribution in [2.45, 2.75) is 60.8 Å². The van der Waals surface area contributed by atoms with Gasteiger partial charge in [-0.25, -0.2) is 0 Å². The summed E-state index contributed by atoms with van der Waals surface area (Å²) in [5, 5.41) is 5.67. The van der Waals surface area contributed by atoms with Gasteiger partial charge < -0.3 is 0 Å². The Labute approximate surface area is 245 Å². The molecule has 206 valence electrons. The normalized spacial score (nSPS) is 18.8. The fraction of sp³-hybridized carbons (Fsp3) is 0.278. The van der Waals surface area contributed by atoms with Crippen molar-refractivity contribution in [3.05, 3.63) is 118 Å². The van der Waals surface area contributed by atoms with E-state index in [2.05, 4.69) is 0 Å². The first kappa shape index (κ1) is 26.4. The molecule has 3 aliphatic carbocycles. The Hall–Kier alpha value is -3.47. The predicted molar refractivity (Wildman–Crippen MR) is 159 cm³/mol. The summed E-state index contributed by atoms with van der Waals surface area (Å²) in [6.07, 6.45) is 8.74. The number of hydrogen-bond acceptors (Lipinski definition) is 4. The number of benzene rings is 4. The minimum atomic E-state index is -4.14. The monoisotopic (exact) mass is 578 g/mol. The summed E-state index contributed by atoms with van der Waals surface area (Å²) in [6, 6.07) is 27.1. The molecule has 0 saturated heterocycles. The van der Waals surface area contributed by atoms with E-state index in [9.17, 15) is 9.59 Å². The van der Waals surface area contributed by atoms with E-state index in [0.29, 0.717) is 11.1 Å². The van der Waals surface area contributed by atoms with E-state index in [-0.39, 0.29) is 4.22 Å². The predicted octanol–water partition coefficient (Wildman–Crippen LogP) is 9.58. The second kappa shape index (κ2) is 10.7. The Morgan fingerprint density at radius 3 is 1.83 bits per heavy atom. The van der Waals surface area contributed by atoms with Crippen LogP contribution in [-0.4, -0.2) is 11.9 Å². The van der Waals surface area contributed by atoms with Crippen LogP contribution in [0.5, 0.6) is 0 Å². The molecule has 1 unspecified atom stereocenters. The van der Waals surface area contributed by atoms with Crippen molar-refractivity contribution in [3.63, 3.8) is 0 Å². The van der Waals surface area contributed by atoms with Gasteiger partial charge in [0.25, 0.3) is 0 Å². The van der Waals surface area contributed by atoms with E-state index in [1.54, 1.807) is 11.1 Å². The summed E-state index contributed by atoms with van der Waals surface area (Å²) in [7, 11) is 0. The quantitative estimate of drug-likeness (QED) is 0.221. The van der Waals surface area contributed by atoms with Gasteiger partial charge in [-0.1, -0.05) is 0 Å². The third kappa shape index (κ3) is 4.77. The Morgan fingerprint density at radius 1 is 0.659 bits per heavy atom. The van der Waals surface area contributed by atoms with Crippen LogP contribution in [0.4, 0.5) is 0 Å². The van der Waals surface area contributed by atoms with Crippen LogP contribution in [0.2, 0.25) is 9.45 Å². The number of carbonyl (C=O) groups excluding carboxylic acids is 2. The molecule has 4 aromatic rings. The first-order valence-corrected chi connectivity index (χ1v) is 18.6. The van der Waals surface area contributed by atoms with Gasteiger partial charge in [0.15, 0.2) is 0 Å². The van der Waals surface area contributed by atoms with Gasteiger partial charge >= 0.3 is 246 Å². The van der Waals surface area contributed by atoms with Crippen LogP contribution in [0, 0.1) is 0 Å². The molecule has 0 spiro atoms. The fourth-order valence-electron chi connectivity index (χ4n) is 7.39. The average molecular weight is 579 g/mol. The molecule has 0 bridgehead atoms. The van der Waals surface area contributed by atoms with Crippen molar-refractivity contribution in [1.29, 1.82) is 0 Å². The second-order valence-electron chi connectivity index (χ2n) is 11.8. The third-order valence-corrected chi connectivity index (χ3v) is 14.1. The molecular formula is C36H34O4Ti. The van der Waals surface area contributed by atoms with E-state index in [0.717, 1.165) is 60.1 Å². The van der Waals surface area contributed by atoms with E-state index < -0.39 is 29.3 Å². The molecule has 0 N–H and O–H groups in total. The molecule has 5 heteroatoms. The number of allylic oxidation sites excluding steroid dienone is 4. The second-order valence-corrected chi connectivity index (χ2v) is 16.7. The first-order chi connectivity index (χ1) is 20.0. The van der Waals surface area contributed by atoms with E-state index in [4.69, 9.17) is 6.64 Å². The standard InChI is InChI=1S/C13H17.2C11H8O2.CH3.Ti/c1-3-7-12-10(5-1)9-11-6-2-4-8-13(11)12;2*12-11(13)10-7-3-5-8-4-1-2-6-9(8)10;;/h5H,1-4,6-9H2;2*1-7H,(H,12,13);1H3;/q;;;;+2/p-2. The number of fused-ring (bicyclic) bond motifs is 3. The fourth-order valence-corrected chi connectivity index (χ4v) is 11.9. The molecule has 41 heavy (non-hydrogen) atoms. The van der Waals surface area contributed by atoms with Gasteiger partial charge in [-0.15, -0.1) is 0 Å². The molecule has 0 amide bonds. The SMILES string of the molecule is [CH3][Ti]([O]C(=O)c1cccc2ccccc12)([O]C(=O)c1cccc2ccccc12)[CH]1CCCC2=C1CC1=C2CCCC1. The molecule has 0 aliphatic heterocycles. The molecule has 4 nitrogen and oxygen atoms in total. The third-order valence-electron chi connectivity index (χ3n) is 9.32. The van der Waals surface area contributed by atoms with E-state index >= 15 is 0 Å². The molecule has 0 saturated carbocycles. The zero-order chi connectivity index (χ0) is 28.0. The molecule has 0 radical (unpaired) electrons. The summed E-state index contributed by atoms with van der Waals surface area (Å²) in [5.41, 5.74) is 7.04. The summed E-state index contributed by atoms with van der Waals surface area (Å²) in [6.45, 7) is 0. The van der Waals surface area contributed by atoms with E-state index in [1.807, 2.05) is 90.2 Å². The molecule has 4 aromatic carbocycles. The zero-order valence-corrected chi connectivity index (χ0v) is 25.0. The van der Waals surface area contributed by atoms with Crippen LogP contribution in [0.25, 0.3) is 21.5 Å². The molecule has 3 aliphatic rings. The molecule has 1 atom stereocenters. The van der Waals surface area contributed by atoms with Crippen LogP contribution in [-0.2, 0) is 24.0 Å². The molecular weight excluding hydrogens is 544 g/mol. The van der Waals surface area contributed by atoms with Crippen molar-refractivity contribution < 1.29 is 33.6 Å².